The lowest BCUT2D eigenvalue weighted by molar-refractivity contribution is 0.0537. The SMILES string of the molecule is CC(C)NS(=O)(=O)N1CC(O)C1. The molecule has 0 bridgehead atoms. The zero-order valence-electron chi connectivity index (χ0n) is 7.19. The van der Waals surface area contributed by atoms with Crippen LogP contribution in [0.4, 0.5) is 0 Å². The Morgan fingerprint density at radius 3 is 2.33 bits per heavy atom. The third-order valence-electron chi connectivity index (χ3n) is 1.55. The Balaban J connectivity index is 2.50. The van der Waals surface area contributed by atoms with E-state index in [0.29, 0.717) is 0 Å². The first kappa shape index (κ1) is 9.91. The minimum absolute atomic E-state index is 0.104. The van der Waals surface area contributed by atoms with Crippen LogP contribution in [0.1, 0.15) is 13.8 Å². The van der Waals surface area contributed by atoms with Crippen molar-refractivity contribution in [1.82, 2.24) is 9.03 Å². The molecule has 0 unspecified atom stereocenters. The van der Waals surface area contributed by atoms with Gasteiger partial charge in [0.1, 0.15) is 0 Å². The standard InChI is InChI=1S/C6H14N2O3S/c1-5(2)7-12(10,11)8-3-6(9)4-8/h5-7,9H,3-4H2,1-2H3. The maximum absolute atomic E-state index is 11.3. The lowest BCUT2D eigenvalue weighted by atomic mass is 10.2. The highest BCUT2D eigenvalue weighted by molar-refractivity contribution is 7.87. The lowest BCUT2D eigenvalue weighted by Gasteiger charge is -2.34. The first-order valence-electron chi connectivity index (χ1n) is 3.87. The van der Waals surface area contributed by atoms with E-state index in [9.17, 15) is 8.42 Å². The summed E-state index contributed by atoms with van der Waals surface area (Å²) in [6.07, 6.45) is -0.492. The van der Waals surface area contributed by atoms with Crippen molar-refractivity contribution in [3.63, 3.8) is 0 Å². The molecular weight excluding hydrogens is 180 g/mol. The van der Waals surface area contributed by atoms with Gasteiger partial charge in [0.2, 0.25) is 0 Å². The number of aliphatic hydroxyl groups excluding tert-OH is 1. The first-order chi connectivity index (χ1) is 5.42. The van der Waals surface area contributed by atoms with Gasteiger partial charge in [-0.2, -0.15) is 17.4 Å². The maximum atomic E-state index is 11.3. The van der Waals surface area contributed by atoms with Crippen LogP contribution >= 0.6 is 0 Å². The fraction of sp³-hybridized carbons (Fsp3) is 1.00. The van der Waals surface area contributed by atoms with E-state index in [2.05, 4.69) is 4.72 Å². The van der Waals surface area contributed by atoms with Crippen molar-refractivity contribution in [2.24, 2.45) is 0 Å². The van der Waals surface area contributed by atoms with Crippen LogP contribution in [0.5, 0.6) is 0 Å². The van der Waals surface area contributed by atoms with E-state index in [4.69, 9.17) is 5.11 Å². The Labute approximate surface area is 72.6 Å². The van der Waals surface area contributed by atoms with E-state index in [1.54, 1.807) is 13.8 Å². The predicted molar refractivity (Wildman–Crippen MR) is 44.8 cm³/mol. The summed E-state index contributed by atoms with van der Waals surface area (Å²) in [4.78, 5) is 0. The summed E-state index contributed by atoms with van der Waals surface area (Å²) in [5, 5.41) is 8.88. The highest BCUT2D eigenvalue weighted by Gasteiger charge is 2.34. The van der Waals surface area contributed by atoms with Crippen LogP contribution in [0, 0.1) is 0 Å². The van der Waals surface area contributed by atoms with Gasteiger partial charge in [0.05, 0.1) is 6.10 Å². The highest BCUT2D eigenvalue weighted by atomic mass is 32.2. The summed E-state index contributed by atoms with van der Waals surface area (Å²) in [5.41, 5.74) is 0. The summed E-state index contributed by atoms with van der Waals surface area (Å²) in [6, 6.07) is -0.104. The number of hydrogen-bond donors (Lipinski definition) is 2. The summed E-state index contributed by atoms with van der Waals surface area (Å²) in [6.45, 7) is 3.94. The normalized spacial score (nSPS) is 21.3. The molecule has 0 aliphatic carbocycles. The second-order valence-corrected chi connectivity index (χ2v) is 4.95. The van der Waals surface area contributed by atoms with Gasteiger partial charge >= 0.3 is 0 Å². The number of aliphatic hydroxyl groups is 1. The van der Waals surface area contributed by atoms with Crippen LogP contribution in [0.15, 0.2) is 0 Å². The molecule has 5 nitrogen and oxygen atoms in total. The Bertz CT molecular complexity index is 244. The molecule has 2 N–H and O–H groups in total. The van der Waals surface area contributed by atoms with Gasteiger partial charge in [0.25, 0.3) is 10.2 Å². The average Bonchev–Trinajstić information content (AvgIpc) is 1.77. The molecule has 0 atom stereocenters. The van der Waals surface area contributed by atoms with E-state index in [1.165, 1.54) is 4.31 Å². The van der Waals surface area contributed by atoms with Gasteiger partial charge in [0, 0.05) is 19.1 Å². The van der Waals surface area contributed by atoms with Crippen molar-refractivity contribution in [1.29, 1.82) is 0 Å². The van der Waals surface area contributed by atoms with Gasteiger partial charge < -0.3 is 5.11 Å². The largest absolute Gasteiger partial charge is 0.390 e. The quantitative estimate of drug-likeness (QED) is 0.599. The summed E-state index contributed by atoms with van der Waals surface area (Å²) in [5.74, 6) is 0. The minimum Gasteiger partial charge on any atom is -0.390 e. The van der Waals surface area contributed by atoms with E-state index in [1.807, 2.05) is 0 Å². The Hall–Kier alpha value is -0.170. The molecule has 0 amide bonds. The van der Waals surface area contributed by atoms with Crippen molar-refractivity contribution < 1.29 is 13.5 Å². The van der Waals surface area contributed by atoms with Gasteiger partial charge in [-0.05, 0) is 13.8 Å². The van der Waals surface area contributed by atoms with Gasteiger partial charge in [0.15, 0.2) is 0 Å². The van der Waals surface area contributed by atoms with Gasteiger partial charge in [-0.1, -0.05) is 0 Å². The molecule has 0 aromatic heterocycles. The molecule has 0 saturated carbocycles. The summed E-state index contributed by atoms with van der Waals surface area (Å²) < 4.78 is 26.2. The predicted octanol–water partition coefficient (Wildman–Crippen LogP) is -1.09. The molecule has 0 radical (unpaired) electrons. The third-order valence-corrected chi connectivity index (χ3v) is 3.30. The molecule has 1 saturated heterocycles. The van der Waals surface area contributed by atoms with Crippen molar-refractivity contribution in [3.8, 4) is 0 Å². The molecule has 12 heavy (non-hydrogen) atoms. The summed E-state index contributed by atoms with van der Waals surface area (Å²) in [7, 11) is -3.33. The number of hydrogen-bond acceptors (Lipinski definition) is 3. The molecule has 0 aromatic carbocycles. The first-order valence-corrected chi connectivity index (χ1v) is 5.31. The molecule has 0 spiro atoms. The lowest BCUT2D eigenvalue weighted by Crippen LogP contribution is -2.57. The zero-order chi connectivity index (χ0) is 9.35. The zero-order valence-corrected chi connectivity index (χ0v) is 8.00. The van der Waals surface area contributed by atoms with Crippen LogP contribution in [-0.2, 0) is 10.2 Å². The average molecular weight is 194 g/mol. The smallest absolute Gasteiger partial charge is 0.279 e. The second-order valence-electron chi connectivity index (χ2n) is 3.25. The van der Waals surface area contributed by atoms with Crippen LogP contribution in [0.2, 0.25) is 0 Å². The Morgan fingerprint density at radius 1 is 1.50 bits per heavy atom. The molecular formula is C6H14N2O3S. The van der Waals surface area contributed by atoms with Crippen LogP contribution in [0.25, 0.3) is 0 Å². The minimum atomic E-state index is -3.33. The fourth-order valence-electron chi connectivity index (χ4n) is 0.985. The van der Waals surface area contributed by atoms with E-state index in [0.717, 1.165) is 0 Å². The molecule has 1 fully saturated rings. The number of β-amino-alcohol motifs (C(OH)–C–C–N with tert-alkyl or cyclic N) is 1. The van der Waals surface area contributed by atoms with Crippen molar-refractivity contribution >= 4 is 10.2 Å². The number of nitrogens with one attached hydrogen (secondary N) is 1. The molecule has 1 rings (SSSR count). The Morgan fingerprint density at radius 2 is 2.00 bits per heavy atom. The van der Waals surface area contributed by atoms with Crippen molar-refractivity contribution in [2.45, 2.75) is 26.0 Å². The van der Waals surface area contributed by atoms with Crippen LogP contribution < -0.4 is 4.72 Å². The monoisotopic (exact) mass is 194 g/mol. The van der Waals surface area contributed by atoms with Crippen molar-refractivity contribution in [2.75, 3.05) is 13.1 Å². The van der Waals surface area contributed by atoms with Crippen LogP contribution in [0.3, 0.4) is 0 Å². The van der Waals surface area contributed by atoms with Gasteiger partial charge in [-0.3, -0.25) is 0 Å². The van der Waals surface area contributed by atoms with E-state index >= 15 is 0 Å². The molecule has 1 aliphatic heterocycles. The highest BCUT2D eigenvalue weighted by Crippen LogP contribution is 2.11. The second kappa shape index (κ2) is 3.29. The molecule has 1 heterocycles. The maximum Gasteiger partial charge on any atom is 0.279 e. The summed E-state index contributed by atoms with van der Waals surface area (Å²) >= 11 is 0. The van der Waals surface area contributed by atoms with Gasteiger partial charge in [-0.25, -0.2) is 0 Å². The number of rotatable bonds is 3. The van der Waals surface area contributed by atoms with Crippen LogP contribution in [-0.4, -0.2) is 43.1 Å². The Kier molecular flexibility index (Phi) is 2.72. The van der Waals surface area contributed by atoms with Crippen molar-refractivity contribution in [3.05, 3.63) is 0 Å². The van der Waals surface area contributed by atoms with Gasteiger partial charge in [-0.15, -0.1) is 0 Å². The molecule has 0 aromatic rings. The topological polar surface area (TPSA) is 69.6 Å². The third kappa shape index (κ3) is 2.16. The number of nitrogens with zero attached hydrogens (tertiary/aromatic N) is 1. The van der Waals surface area contributed by atoms with E-state index < -0.39 is 16.3 Å². The van der Waals surface area contributed by atoms with E-state index in [-0.39, 0.29) is 19.1 Å². The molecule has 6 heteroatoms. The fourth-order valence-corrected chi connectivity index (χ4v) is 2.47. The molecule has 72 valence electrons. The molecule has 1 aliphatic rings.